The Labute approximate surface area is 120 Å². The molecule has 1 amide bonds. The number of aliphatic hydroxyl groups excluding tert-OH is 1. The standard InChI is InChI=1S/C14H17F2NO2S/c15-11-4-3-10(7-12(11)16)20-8-14(19)17-13(5-6-18)9-1-2-9/h3-4,7,9,13,18H,1-2,5-6,8H2,(H,17,19). The van der Waals surface area contributed by atoms with Gasteiger partial charge in [-0.2, -0.15) is 0 Å². The lowest BCUT2D eigenvalue weighted by atomic mass is 10.1. The van der Waals surface area contributed by atoms with Gasteiger partial charge in [0.1, 0.15) is 0 Å². The van der Waals surface area contributed by atoms with Crippen molar-refractivity contribution in [1.29, 1.82) is 0 Å². The predicted molar refractivity (Wildman–Crippen MR) is 73.4 cm³/mol. The maximum atomic E-state index is 13.0. The smallest absolute Gasteiger partial charge is 0.230 e. The van der Waals surface area contributed by atoms with Gasteiger partial charge in [-0.05, 0) is 43.4 Å². The fourth-order valence-corrected chi connectivity index (χ4v) is 2.76. The van der Waals surface area contributed by atoms with Crippen molar-refractivity contribution in [2.45, 2.75) is 30.2 Å². The molecule has 2 rings (SSSR count). The Morgan fingerprint density at radius 2 is 2.15 bits per heavy atom. The number of hydrogen-bond acceptors (Lipinski definition) is 3. The van der Waals surface area contributed by atoms with Crippen LogP contribution < -0.4 is 5.32 Å². The van der Waals surface area contributed by atoms with Crippen LogP contribution in [0, 0.1) is 17.6 Å². The molecule has 2 N–H and O–H groups in total. The number of benzene rings is 1. The molecule has 1 aromatic carbocycles. The molecule has 0 bridgehead atoms. The molecule has 3 nitrogen and oxygen atoms in total. The minimum absolute atomic E-state index is 0.0260. The van der Waals surface area contributed by atoms with Gasteiger partial charge in [0.05, 0.1) is 5.75 Å². The fourth-order valence-electron chi connectivity index (χ4n) is 2.03. The molecule has 1 fully saturated rings. The first kappa shape index (κ1) is 15.3. The van der Waals surface area contributed by atoms with Crippen molar-refractivity contribution in [1.82, 2.24) is 5.32 Å². The molecule has 1 unspecified atom stereocenters. The first-order valence-corrected chi connectivity index (χ1v) is 7.57. The Morgan fingerprint density at radius 3 is 2.75 bits per heavy atom. The van der Waals surface area contributed by atoms with Gasteiger partial charge in [-0.3, -0.25) is 4.79 Å². The monoisotopic (exact) mass is 301 g/mol. The first-order valence-electron chi connectivity index (χ1n) is 6.58. The quantitative estimate of drug-likeness (QED) is 0.760. The molecule has 1 aliphatic rings. The zero-order valence-corrected chi connectivity index (χ0v) is 11.8. The predicted octanol–water partition coefficient (Wildman–Crippen LogP) is 2.33. The number of hydrogen-bond donors (Lipinski definition) is 2. The van der Waals surface area contributed by atoms with Gasteiger partial charge in [0.25, 0.3) is 0 Å². The molecule has 110 valence electrons. The van der Waals surface area contributed by atoms with Gasteiger partial charge in [0.15, 0.2) is 11.6 Å². The van der Waals surface area contributed by atoms with E-state index in [2.05, 4.69) is 5.32 Å². The highest BCUT2D eigenvalue weighted by molar-refractivity contribution is 8.00. The van der Waals surface area contributed by atoms with Crippen molar-refractivity contribution in [3.05, 3.63) is 29.8 Å². The Balaban J connectivity index is 1.80. The van der Waals surface area contributed by atoms with Gasteiger partial charge >= 0.3 is 0 Å². The van der Waals surface area contributed by atoms with E-state index in [1.54, 1.807) is 0 Å². The third-order valence-corrected chi connectivity index (χ3v) is 4.23. The van der Waals surface area contributed by atoms with Crippen molar-refractivity contribution < 1.29 is 18.7 Å². The van der Waals surface area contributed by atoms with E-state index in [4.69, 9.17) is 5.11 Å². The molecule has 1 saturated carbocycles. The van der Waals surface area contributed by atoms with Crippen molar-refractivity contribution in [2.75, 3.05) is 12.4 Å². The van der Waals surface area contributed by atoms with E-state index in [0.29, 0.717) is 17.2 Å². The molecule has 6 heteroatoms. The van der Waals surface area contributed by atoms with E-state index >= 15 is 0 Å². The average molecular weight is 301 g/mol. The highest BCUT2D eigenvalue weighted by Gasteiger charge is 2.31. The second-order valence-corrected chi connectivity index (χ2v) is 5.94. The minimum atomic E-state index is -0.911. The number of halogens is 2. The number of nitrogens with one attached hydrogen (secondary N) is 1. The third-order valence-electron chi connectivity index (χ3n) is 3.24. The van der Waals surface area contributed by atoms with Gasteiger partial charge in [-0.25, -0.2) is 8.78 Å². The zero-order chi connectivity index (χ0) is 14.5. The topological polar surface area (TPSA) is 49.3 Å². The summed E-state index contributed by atoms with van der Waals surface area (Å²) in [6, 6.07) is 3.61. The molecule has 1 aliphatic carbocycles. The maximum Gasteiger partial charge on any atom is 0.230 e. The average Bonchev–Trinajstić information content (AvgIpc) is 3.24. The summed E-state index contributed by atoms with van der Waals surface area (Å²) in [7, 11) is 0. The van der Waals surface area contributed by atoms with Gasteiger partial charge in [0, 0.05) is 17.5 Å². The van der Waals surface area contributed by atoms with E-state index in [-0.39, 0.29) is 24.3 Å². The van der Waals surface area contributed by atoms with Crippen LogP contribution in [0.5, 0.6) is 0 Å². The van der Waals surface area contributed by atoms with Crippen LogP contribution in [0.2, 0.25) is 0 Å². The normalized spacial score (nSPS) is 15.9. The zero-order valence-electron chi connectivity index (χ0n) is 10.9. The number of carbonyl (C=O) groups is 1. The summed E-state index contributed by atoms with van der Waals surface area (Å²) in [6.45, 7) is 0.0533. The van der Waals surface area contributed by atoms with Crippen molar-refractivity contribution >= 4 is 17.7 Å². The van der Waals surface area contributed by atoms with E-state index in [1.165, 1.54) is 6.07 Å². The molecular weight excluding hydrogens is 284 g/mol. The van der Waals surface area contributed by atoms with Crippen LogP contribution in [-0.2, 0) is 4.79 Å². The minimum Gasteiger partial charge on any atom is -0.396 e. The summed E-state index contributed by atoms with van der Waals surface area (Å²) in [6.07, 6.45) is 2.73. The Hall–Kier alpha value is -1.14. The molecule has 1 aromatic rings. The second-order valence-electron chi connectivity index (χ2n) is 4.89. The molecule has 0 aliphatic heterocycles. The van der Waals surface area contributed by atoms with Gasteiger partial charge in [-0.1, -0.05) is 0 Å². The van der Waals surface area contributed by atoms with Crippen molar-refractivity contribution in [3.8, 4) is 0 Å². The maximum absolute atomic E-state index is 13.0. The molecule has 0 aromatic heterocycles. The van der Waals surface area contributed by atoms with E-state index in [0.717, 1.165) is 36.7 Å². The summed E-state index contributed by atoms with van der Waals surface area (Å²) in [5, 5.41) is 11.8. The van der Waals surface area contributed by atoms with Crippen LogP contribution in [-0.4, -0.2) is 29.4 Å². The van der Waals surface area contributed by atoms with E-state index < -0.39 is 11.6 Å². The van der Waals surface area contributed by atoms with Crippen LogP contribution in [0.1, 0.15) is 19.3 Å². The Kier molecular flexibility index (Phi) is 5.37. The highest BCUT2D eigenvalue weighted by atomic mass is 32.2. The first-order chi connectivity index (χ1) is 9.60. The molecule has 0 radical (unpaired) electrons. The highest BCUT2D eigenvalue weighted by Crippen LogP contribution is 2.34. The summed E-state index contributed by atoms with van der Waals surface area (Å²) in [5.41, 5.74) is 0. The molecule has 1 atom stereocenters. The number of rotatable bonds is 7. The lowest BCUT2D eigenvalue weighted by Crippen LogP contribution is -2.38. The van der Waals surface area contributed by atoms with Crippen LogP contribution >= 0.6 is 11.8 Å². The molecule has 0 saturated heterocycles. The van der Waals surface area contributed by atoms with Crippen molar-refractivity contribution in [2.24, 2.45) is 5.92 Å². The molecular formula is C14H17F2NO2S. The summed E-state index contributed by atoms with van der Waals surface area (Å²) >= 11 is 1.16. The number of thioether (sulfide) groups is 1. The lowest BCUT2D eigenvalue weighted by molar-refractivity contribution is -0.119. The third kappa shape index (κ3) is 4.45. The second kappa shape index (κ2) is 7.04. The van der Waals surface area contributed by atoms with E-state index in [9.17, 15) is 13.6 Å². The number of aliphatic hydroxyl groups is 1. The molecule has 0 heterocycles. The van der Waals surface area contributed by atoms with Crippen LogP contribution in [0.4, 0.5) is 8.78 Å². The largest absolute Gasteiger partial charge is 0.396 e. The van der Waals surface area contributed by atoms with Crippen LogP contribution in [0.15, 0.2) is 23.1 Å². The van der Waals surface area contributed by atoms with E-state index in [1.807, 2.05) is 0 Å². The molecule has 0 spiro atoms. The van der Waals surface area contributed by atoms with Crippen LogP contribution in [0.25, 0.3) is 0 Å². The molecule has 20 heavy (non-hydrogen) atoms. The fraction of sp³-hybridized carbons (Fsp3) is 0.500. The number of amides is 1. The number of carbonyl (C=O) groups excluding carboxylic acids is 1. The van der Waals surface area contributed by atoms with Gasteiger partial charge < -0.3 is 10.4 Å². The lowest BCUT2D eigenvalue weighted by Gasteiger charge is -2.16. The Morgan fingerprint density at radius 1 is 1.40 bits per heavy atom. The Bertz CT molecular complexity index is 480. The summed E-state index contributed by atoms with van der Waals surface area (Å²) in [5.74, 6) is -1.33. The van der Waals surface area contributed by atoms with Crippen LogP contribution in [0.3, 0.4) is 0 Å². The van der Waals surface area contributed by atoms with Gasteiger partial charge in [0.2, 0.25) is 5.91 Å². The van der Waals surface area contributed by atoms with Gasteiger partial charge in [-0.15, -0.1) is 11.8 Å². The SMILES string of the molecule is O=C(CSc1ccc(F)c(F)c1)NC(CCO)C1CC1. The summed E-state index contributed by atoms with van der Waals surface area (Å²) in [4.78, 5) is 12.3. The van der Waals surface area contributed by atoms with Crippen molar-refractivity contribution in [3.63, 3.8) is 0 Å². The summed E-state index contributed by atoms with van der Waals surface area (Å²) < 4.78 is 25.8.